The normalized spacial score (nSPS) is 23.0. The van der Waals surface area contributed by atoms with E-state index >= 15 is 0 Å². The Balaban J connectivity index is 2.07. The molecule has 1 fully saturated rings. The molecule has 0 radical (unpaired) electrons. The van der Waals surface area contributed by atoms with Gasteiger partial charge < -0.3 is 15.5 Å². The van der Waals surface area contributed by atoms with Gasteiger partial charge in [-0.1, -0.05) is 28.8 Å². The molecule has 2 unspecified atom stereocenters. The first-order chi connectivity index (χ1) is 9.10. The maximum Gasteiger partial charge on any atom is 0.251 e. The highest BCUT2D eigenvalue weighted by Crippen LogP contribution is 2.27. The van der Waals surface area contributed by atoms with Crippen LogP contribution < -0.4 is 5.32 Å². The Kier molecular flexibility index (Phi) is 4.69. The minimum absolute atomic E-state index is 0.106. The minimum atomic E-state index is -0.246. The number of amides is 1. The molecule has 5 heteroatoms. The summed E-state index contributed by atoms with van der Waals surface area (Å²) >= 11 is 3.49. The van der Waals surface area contributed by atoms with Gasteiger partial charge in [-0.05, 0) is 30.9 Å². The number of nitrogens with one attached hydrogen (secondary N) is 1. The molecule has 0 aromatic heterocycles. The van der Waals surface area contributed by atoms with Gasteiger partial charge in [0.1, 0.15) is 11.5 Å². The van der Waals surface area contributed by atoms with Crippen LogP contribution in [0.15, 0.2) is 18.2 Å². The fourth-order valence-corrected chi connectivity index (χ4v) is 3.34. The van der Waals surface area contributed by atoms with Gasteiger partial charge in [0.2, 0.25) is 0 Å². The summed E-state index contributed by atoms with van der Waals surface area (Å²) in [5.74, 6) is -0.00988. The lowest BCUT2D eigenvalue weighted by molar-refractivity contribution is 0.0911. The number of phenolic OH excluding ortho intramolecular Hbond substituents is 2. The monoisotopic (exact) mass is 327 g/mol. The Labute approximate surface area is 121 Å². The van der Waals surface area contributed by atoms with Crippen molar-refractivity contribution in [3.05, 3.63) is 23.8 Å². The fourth-order valence-electron chi connectivity index (χ4n) is 2.56. The Bertz CT molecular complexity index is 444. The number of alkyl halides is 1. The lowest BCUT2D eigenvalue weighted by Gasteiger charge is -2.31. The van der Waals surface area contributed by atoms with Crippen molar-refractivity contribution in [1.29, 1.82) is 0 Å². The highest BCUT2D eigenvalue weighted by Gasteiger charge is 2.26. The second-order valence-corrected chi connectivity index (χ2v) is 5.66. The second-order valence-electron chi connectivity index (χ2n) is 5.02. The minimum Gasteiger partial charge on any atom is -0.508 e. The summed E-state index contributed by atoms with van der Waals surface area (Å²) < 4.78 is 0. The summed E-state index contributed by atoms with van der Waals surface area (Å²) in [5.41, 5.74) is 0.288. The van der Waals surface area contributed by atoms with E-state index in [1.807, 2.05) is 0 Å². The Morgan fingerprint density at radius 1 is 1.21 bits per heavy atom. The highest BCUT2D eigenvalue weighted by molar-refractivity contribution is 9.09. The van der Waals surface area contributed by atoms with Crippen LogP contribution in [0.2, 0.25) is 0 Å². The topological polar surface area (TPSA) is 69.6 Å². The third-order valence-electron chi connectivity index (χ3n) is 3.59. The molecule has 0 heterocycles. The molecule has 1 aromatic rings. The zero-order valence-corrected chi connectivity index (χ0v) is 12.2. The van der Waals surface area contributed by atoms with Gasteiger partial charge >= 0.3 is 0 Å². The first-order valence-corrected chi connectivity index (χ1v) is 7.62. The molecule has 19 heavy (non-hydrogen) atoms. The molecule has 1 amide bonds. The summed E-state index contributed by atoms with van der Waals surface area (Å²) in [6, 6.07) is 4.09. The SMILES string of the molecule is O=C(NC1CCCCC1CBr)c1cc(O)cc(O)c1. The lowest BCUT2D eigenvalue weighted by Crippen LogP contribution is -2.42. The zero-order chi connectivity index (χ0) is 13.8. The quantitative estimate of drug-likeness (QED) is 0.747. The average Bonchev–Trinajstić information content (AvgIpc) is 2.38. The number of halogens is 1. The van der Waals surface area contributed by atoms with Crippen molar-refractivity contribution >= 4 is 21.8 Å². The number of hydrogen-bond acceptors (Lipinski definition) is 3. The molecule has 0 aliphatic heterocycles. The second kappa shape index (κ2) is 6.28. The van der Waals surface area contributed by atoms with Gasteiger partial charge in [0, 0.05) is 23.0 Å². The predicted molar refractivity (Wildman–Crippen MR) is 76.8 cm³/mol. The summed E-state index contributed by atoms with van der Waals surface area (Å²) in [5, 5.41) is 22.7. The van der Waals surface area contributed by atoms with Gasteiger partial charge in [0.05, 0.1) is 0 Å². The first-order valence-electron chi connectivity index (χ1n) is 6.50. The Morgan fingerprint density at radius 2 is 1.84 bits per heavy atom. The van der Waals surface area contributed by atoms with Crippen molar-refractivity contribution in [2.45, 2.75) is 31.7 Å². The molecular formula is C14H18BrNO3. The van der Waals surface area contributed by atoms with Crippen molar-refractivity contribution < 1.29 is 15.0 Å². The van der Waals surface area contributed by atoms with Crippen molar-refractivity contribution in [3.63, 3.8) is 0 Å². The van der Waals surface area contributed by atoms with Crippen molar-refractivity contribution in [1.82, 2.24) is 5.32 Å². The van der Waals surface area contributed by atoms with E-state index < -0.39 is 0 Å². The van der Waals surface area contributed by atoms with Gasteiger partial charge in [-0.25, -0.2) is 0 Å². The van der Waals surface area contributed by atoms with Gasteiger partial charge in [0.15, 0.2) is 0 Å². The fraction of sp³-hybridized carbons (Fsp3) is 0.500. The largest absolute Gasteiger partial charge is 0.508 e. The van der Waals surface area contributed by atoms with Crippen LogP contribution in [0.3, 0.4) is 0 Å². The number of rotatable bonds is 3. The predicted octanol–water partition coefficient (Wildman–Crippen LogP) is 2.78. The van der Waals surface area contributed by atoms with E-state index in [4.69, 9.17) is 0 Å². The summed E-state index contributed by atoms with van der Waals surface area (Å²) in [7, 11) is 0. The van der Waals surface area contributed by atoms with Gasteiger partial charge in [-0.15, -0.1) is 0 Å². The maximum absolute atomic E-state index is 12.1. The number of carbonyl (C=O) groups excluding carboxylic acids is 1. The number of carbonyl (C=O) groups is 1. The first kappa shape index (κ1) is 14.2. The smallest absolute Gasteiger partial charge is 0.251 e. The Hall–Kier alpha value is -1.23. The van der Waals surface area contributed by atoms with E-state index in [2.05, 4.69) is 21.2 Å². The molecular weight excluding hydrogens is 310 g/mol. The van der Waals surface area contributed by atoms with E-state index in [1.165, 1.54) is 24.6 Å². The van der Waals surface area contributed by atoms with Gasteiger partial charge in [-0.2, -0.15) is 0 Å². The van der Waals surface area contributed by atoms with Crippen molar-refractivity contribution in [2.75, 3.05) is 5.33 Å². The van der Waals surface area contributed by atoms with Crippen LogP contribution in [-0.2, 0) is 0 Å². The van der Waals surface area contributed by atoms with Crippen LogP contribution >= 0.6 is 15.9 Å². The van der Waals surface area contributed by atoms with E-state index in [1.54, 1.807) is 0 Å². The standard InChI is InChI=1S/C14H18BrNO3/c15-8-9-3-1-2-4-13(9)16-14(19)10-5-11(17)7-12(18)6-10/h5-7,9,13,17-18H,1-4,8H2,(H,16,19). The molecule has 1 saturated carbocycles. The number of benzene rings is 1. The molecule has 104 valence electrons. The molecule has 1 aromatic carbocycles. The van der Waals surface area contributed by atoms with Crippen LogP contribution in [0.4, 0.5) is 0 Å². The molecule has 2 rings (SSSR count). The zero-order valence-electron chi connectivity index (χ0n) is 10.6. The van der Waals surface area contributed by atoms with Crippen LogP contribution in [0.25, 0.3) is 0 Å². The molecule has 2 atom stereocenters. The maximum atomic E-state index is 12.1. The third-order valence-corrected chi connectivity index (χ3v) is 4.42. The molecule has 3 N–H and O–H groups in total. The van der Waals surface area contributed by atoms with E-state index in [0.717, 1.165) is 24.6 Å². The van der Waals surface area contributed by atoms with E-state index in [9.17, 15) is 15.0 Å². The average molecular weight is 328 g/mol. The summed E-state index contributed by atoms with van der Waals surface area (Å²) in [6.07, 6.45) is 4.42. The molecule has 0 bridgehead atoms. The van der Waals surface area contributed by atoms with Crippen molar-refractivity contribution in [2.24, 2.45) is 5.92 Å². The van der Waals surface area contributed by atoms with Crippen LogP contribution in [0.1, 0.15) is 36.0 Å². The molecule has 1 aliphatic rings. The Morgan fingerprint density at radius 3 is 2.47 bits per heavy atom. The molecule has 0 spiro atoms. The van der Waals surface area contributed by atoms with E-state index in [-0.39, 0.29) is 29.0 Å². The van der Waals surface area contributed by atoms with Crippen LogP contribution in [0, 0.1) is 5.92 Å². The number of phenols is 2. The third kappa shape index (κ3) is 3.62. The van der Waals surface area contributed by atoms with Crippen molar-refractivity contribution in [3.8, 4) is 11.5 Å². The molecule has 0 saturated heterocycles. The van der Waals surface area contributed by atoms with Crippen LogP contribution in [-0.4, -0.2) is 27.5 Å². The number of hydrogen-bond donors (Lipinski definition) is 3. The summed E-state index contributed by atoms with van der Waals surface area (Å²) in [6.45, 7) is 0. The molecule has 4 nitrogen and oxygen atoms in total. The van der Waals surface area contributed by atoms with Crippen LogP contribution in [0.5, 0.6) is 11.5 Å². The number of aromatic hydroxyl groups is 2. The highest BCUT2D eigenvalue weighted by atomic mass is 79.9. The van der Waals surface area contributed by atoms with Gasteiger partial charge in [0.25, 0.3) is 5.91 Å². The lowest BCUT2D eigenvalue weighted by atomic mass is 9.86. The molecule has 1 aliphatic carbocycles. The van der Waals surface area contributed by atoms with E-state index in [0.29, 0.717) is 5.92 Å². The summed E-state index contributed by atoms with van der Waals surface area (Å²) in [4.78, 5) is 12.1. The van der Waals surface area contributed by atoms with Gasteiger partial charge in [-0.3, -0.25) is 4.79 Å².